The Morgan fingerprint density at radius 3 is 2.55 bits per heavy atom. The second-order valence-electron chi connectivity index (χ2n) is 4.94. The largest absolute Gasteiger partial charge is 0.494 e. The minimum Gasteiger partial charge on any atom is -0.494 e. The van der Waals surface area contributed by atoms with Gasteiger partial charge in [-0.25, -0.2) is 0 Å². The molecule has 2 aromatic carbocycles. The zero-order valence-electron chi connectivity index (χ0n) is 12.2. The van der Waals surface area contributed by atoms with Crippen LogP contribution in [-0.4, -0.2) is 12.5 Å². The fourth-order valence-electron chi connectivity index (χ4n) is 1.86. The molecule has 1 N–H and O–H groups in total. The van der Waals surface area contributed by atoms with Crippen molar-refractivity contribution in [1.29, 1.82) is 0 Å². The molecule has 5 heteroatoms. The predicted molar refractivity (Wildman–Crippen MR) is 91.0 cm³/mol. The lowest BCUT2D eigenvalue weighted by Gasteiger charge is -2.08. The fraction of sp³-hybridized carbons (Fsp3) is 0.235. The first-order valence-corrected chi connectivity index (χ1v) is 7.74. The van der Waals surface area contributed by atoms with Crippen LogP contribution in [0, 0.1) is 6.92 Å². The number of aryl methyl sites for hydroxylation is 1. The van der Waals surface area contributed by atoms with Crippen LogP contribution in [0.4, 0.5) is 5.69 Å². The minimum atomic E-state index is -0.100. The number of amides is 1. The second-order valence-corrected chi connectivity index (χ2v) is 5.78. The molecule has 0 radical (unpaired) electrons. The summed E-state index contributed by atoms with van der Waals surface area (Å²) >= 11 is 11.8. The third-order valence-electron chi connectivity index (χ3n) is 3.04. The second kappa shape index (κ2) is 8.06. The van der Waals surface area contributed by atoms with E-state index in [1.165, 1.54) is 5.56 Å². The van der Waals surface area contributed by atoms with Crippen molar-refractivity contribution in [3.05, 3.63) is 58.1 Å². The number of hydrogen-bond acceptors (Lipinski definition) is 2. The molecular weight excluding hydrogens is 321 g/mol. The molecule has 22 heavy (non-hydrogen) atoms. The number of carbonyl (C=O) groups excluding carboxylic acids is 1. The van der Waals surface area contributed by atoms with E-state index in [-0.39, 0.29) is 5.91 Å². The maximum atomic E-state index is 11.8. The molecule has 0 aliphatic heterocycles. The molecule has 1 amide bonds. The van der Waals surface area contributed by atoms with Crippen LogP contribution in [-0.2, 0) is 4.79 Å². The van der Waals surface area contributed by atoms with Gasteiger partial charge < -0.3 is 10.1 Å². The maximum absolute atomic E-state index is 11.8. The first-order valence-electron chi connectivity index (χ1n) is 6.99. The number of halogens is 2. The molecule has 0 atom stereocenters. The smallest absolute Gasteiger partial charge is 0.224 e. The standard InChI is InChI=1S/C17H17Cl2NO2/c1-12-4-7-14(8-5-12)22-10-2-3-17(21)20-16-9-6-13(18)11-15(16)19/h4-9,11H,2-3,10H2,1H3,(H,20,21). The van der Waals surface area contributed by atoms with E-state index in [1.807, 2.05) is 31.2 Å². The monoisotopic (exact) mass is 337 g/mol. The molecule has 116 valence electrons. The van der Waals surface area contributed by atoms with E-state index in [0.29, 0.717) is 35.2 Å². The number of nitrogens with one attached hydrogen (secondary N) is 1. The van der Waals surface area contributed by atoms with Crippen LogP contribution < -0.4 is 10.1 Å². The van der Waals surface area contributed by atoms with Gasteiger partial charge in [0.2, 0.25) is 5.91 Å². The molecule has 0 saturated heterocycles. The van der Waals surface area contributed by atoms with Gasteiger partial charge in [-0.1, -0.05) is 40.9 Å². The van der Waals surface area contributed by atoms with Gasteiger partial charge in [0.25, 0.3) is 0 Å². The van der Waals surface area contributed by atoms with E-state index < -0.39 is 0 Å². The minimum absolute atomic E-state index is 0.100. The Hall–Kier alpha value is -1.71. The third kappa shape index (κ3) is 5.24. The summed E-state index contributed by atoms with van der Waals surface area (Å²) in [5, 5.41) is 3.72. The summed E-state index contributed by atoms with van der Waals surface area (Å²) in [7, 11) is 0. The Bertz CT molecular complexity index is 642. The Morgan fingerprint density at radius 2 is 1.86 bits per heavy atom. The van der Waals surface area contributed by atoms with Crippen molar-refractivity contribution in [1.82, 2.24) is 0 Å². The van der Waals surface area contributed by atoms with Gasteiger partial charge in [-0.2, -0.15) is 0 Å². The van der Waals surface area contributed by atoms with Gasteiger partial charge in [0.1, 0.15) is 5.75 Å². The van der Waals surface area contributed by atoms with E-state index in [4.69, 9.17) is 27.9 Å². The summed E-state index contributed by atoms with van der Waals surface area (Å²) in [6, 6.07) is 12.8. The Balaban J connectivity index is 1.72. The highest BCUT2D eigenvalue weighted by atomic mass is 35.5. The third-order valence-corrected chi connectivity index (χ3v) is 3.59. The summed E-state index contributed by atoms with van der Waals surface area (Å²) in [4.78, 5) is 11.8. The molecule has 2 rings (SSSR count). The van der Waals surface area contributed by atoms with Crippen LogP contribution in [0.3, 0.4) is 0 Å². The van der Waals surface area contributed by atoms with Crippen LogP contribution in [0.15, 0.2) is 42.5 Å². The van der Waals surface area contributed by atoms with Crippen LogP contribution in [0.2, 0.25) is 10.0 Å². The molecule has 0 aromatic heterocycles. The lowest BCUT2D eigenvalue weighted by atomic mass is 10.2. The Morgan fingerprint density at radius 1 is 1.14 bits per heavy atom. The molecule has 0 aliphatic rings. The maximum Gasteiger partial charge on any atom is 0.224 e. The van der Waals surface area contributed by atoms with E-state index in [0.717, 1.165) is 5.75 Å². The van der Waals surface area contributed by atoms with Crippen molar-refractivity contribution >= 4 is 34.8 Å². The molecule has 0 bridgehead atoms. The van der Waals surface area contributed by atoms with Crippen molar-refractivity contribution in [3.8, 4) is 5.75 Å². The molecule has 0 spiro atoms. The predicted octanol–water partition coefficient (Wildman–Crippen LogP) is 5.10. The number of benzene rings is 2. The lowest BCUT2D eigenvalue weighted by molar-refractivity contribution is -0.116. The van der Waals surface area contributed by atoms with Crippen LogP contribution in [0.1, 0.15) is 18.4 Å². The average molecular weight is 338 g/mol. The Kier molecular flexibility index (Phi) is 6.10. The van der Waals surface area contributed by atoms with Crippen LogP contribution in [0.5, 0.6) is 5.75 Å². The SMILES string of the molecule is Cc1ccc(OCCCC(=O)Nc2ccc(Cl)cc2Cl)cc1. The van der Waals surface area contributed by atoms with Crippen molar-refractivity contribution < 1.29 is 9.53 Å². The molecule has 0 fully saturated rings. The lowest BCUT2D eigenvalue weighted by Crippen LogP contribution is -2.13. The summed E-state index contributed by atoms with van der Waals surface area (Å²) in [5.74, 6) is 0.712. The molecule has 0 saturated carbocycles. The van der Waals surface area contributed by atoms with Crippen molar-refractivity contribution in [2.75, 3.05) is 11.9 Å². The molecule has 0 unspecified atom stereocenters. The van der Waals surface area contributed by atoms with Gasteiger partial charge in [0.15, 0.2) is 0 Å². The molecule has 3 nitrogen and oxygen atoms in total. The van der Waals surface area contributed by atoms with E-state index >= 15 is 0 Å². The van der Waals surface area contributed by atoms with Gasteiger partial charge in [-0.05, 0) is 43.7 Å². The molecule has 0 heterocycles. The normalized spacial score (nSPS) is 10.3. The summed E-state index contributed by atoms with van der Waals surface area (Å²) < 4.78 is 5.58. The average Bonchev–Trinajstić information content (AvgIpc) is 2.48. The van der Waals surface area contributed by atoms with Gasteiger partial charge in [-0.15, -0.1) is 0 Å². The number of ether oxygens (including phenoxy) is 1. The first kappa shape index (κ1) is 16.7. The van der Waals surface area contributed by atoms with Crippen LogP contribution >= 0.6 is 23.2 Å². The van der Waals surface area contributed by atoms with Gasteiger partial charge >= 0.3 is 0 Å². The topological polar surface area (TPSA) is 38.3 Å². The van der Waals surface area contributed by atoms with Gasteiger partial charge in [-0.3, -0.25) is 4.79 Å². The van der Waals surface area contributed by atoms with Crippen LogP contribution in [0.25, 0.3) is 0 Å². The quantitative estimate of drug-likeness (QED) is 0.744. The van der Waals surface area contributed by atoms with Crippen molar-refractivity contribution in [2.45, 2.75) is 19.8 Å². The van der Waals surface area contributed by atoms with Gasteiger partial charge in [0, 0.05) is 11.4 Å². The zero-order chi connectivity index (χ0) is 15.9. The number of carbonyl (C=O) groups is 1. The van der Waals surface area contributed by atoms with Crippen molar-refractivity contribution in [2.24, 2.45) is 0 Å². The number of rotatable bonds is 6. The van der Waals surface area contributed by atoms with E-state index in [2.05, 4.69) is 5.32 Å². The summed E-state index contributed by atoms with van der Waals surface area (Å²) in [6.07, 6.45) is 0.996. The zero-order valence-corrected chi connectivity index (χ0v) is 13.7. The Labute approximate surface area is 140 Å². The highest BCUT2D eigenvalue weighted by Crippen LogP contribution is 2.25. The highest BCUT2D eigenvalue weighted by Gasteiger charge is 2.06. The first-order chi connectivity index (χ1) is 10.5. The fourth-order valence-corrected chi connectivity index (χ4v) is 2.32. The molecule has 0 aliphatic carbocycles. The van der Waals surface area contributed by atoms with Crippen molar-refractivity contribution in [3.63, 3.8) is 0 Å². The number of anilines is 1. The summed E-state index contributed by atoms with van der Waals surface area (Å²) in [6.45, 7) is 2.51. The number of hydrogen-bond donors (Lipinski definition) is 1. The van der Waals surface area contributed by atoms with Gasteiger partial charge in [0.05, 0.1) is 17.3 Å². The molecule has 2 aromatic rings. The molecular formula is C17H17Cl2NO2. The van der Waals surface area contributed by atoms with E-state index in [9.17, 15) is 4.79 Å². The highest BCUT2D eigenvalue weighted by molar-refractivity contribution is 6.36. The summed E-state index contributed by atoms with van der Waals surface area (Å²) in [5.41, 5.74) is 1.75. The van der Waals surface area contributed by atoms with E-state index in [1.54, 1.807) is 18.2 Å².